The quantitative estimate of drug-likeness (QED) is 0.506. The van der Waals surface area contributed by atoms with Crippen molar-refractivity contribution in [3.05, 3.63) is 0 Å². The molecule has 0 aromatic carbocycles. The van der Waals surface area contributed by atoms with Crippen LogP contribution in [-0.2, 0) is 9.53 Å². The van der Waals surface area contributed by atoms with Gasteiger partial charge in [-0.2, -0.15) is 12.6 Å². The molecule has 4 nitrogen and oxygen atoms in total. The average Bonchev–Trinajstić information content (AvgIpc) is 2.26. The van der Waals surface area contributed by atoms with Gasteiger partial charge < -0.3 is 10.1 Å². The molecule has 15 heavy (non-hydrogen) atoms. The van der Waals surface area contributed by atoms with E-state index in [0.717, 1.165) is 45.8 Å². The van der Waals surface area contributed by atoms with E-state index in [0.29, 0.717) is 12.2 Å². The van der Waals surface area contributed by atoms with Crippen LogP contribution in [0.1, 0.15) is 12.8 Å². The van der Waals surface area contributed by atoms with Gasteiger partial charge in [0.15, 0.2) is 0 Å². The fraction of sp³-hybridized carbons (Fsp3) is 0.900. The smallest absolute Gasteiger partial charge is 0.220 e. The van der Waals surface area contributed by atoms with Crippen LogP contribution in [0.15, 0.2) is 0 Å². The van der Waals surface area contributed by atoms with Gasteiger partial charge in [-0.1, -0.05) is 0 Å². The molecule has 0 spiro atoms. The van der Waals surface area contributed by atoms with Crippen molar-refractivity contribution in [1.29, 1.82) is 0 Å². The van der Waals surface area contributed by atoms with Crippen molar-refractivity contribution in [2.45, 2.75) is 12.8 Å². The molecule has 0 aromatic heterocycles. The fourth-order valence-electron chi connectivity index (χ4n) is 1.55. The maximum atomic E-state index is 11.1. The number of hydrogen-bond acceptors (Lipinski definition) is 4. The van der Waals surface area contributed by atoms with E-state index in [9.17, 15) is 4.79 Å². The van der Waals surface area contributed by atoms with Crippen molar-refractivity contribution in [2.24, 2.45) is 0 Å². The first kappa shape index (κ1) is 12.8. The van der Waals surface area contributed by atoms with Crippen LogP contribution in [0.3, 0.4) is 0 Å². The Bertz CT molecular complexity index is 184. The Hall–Kier alpha value is -0.260. The molecule has 0 aromatic rings. The van der Waals surface area contributed by atoms with Crippen LogP contribution in [0.25, 0.3) is 0 Å². The summed E-state index contributed by atoms with van der Waals surface area (Å²) in [6, 6.07) is 0. The minimum atomic E-state index is 0.104. The Labute approximate surface area is 96.8 Å². The molecule has 88 valence electrons. The monoisotopic (exact) mass is 232 g/mol. The van der Waals surface area contributed by atoms with Gasteiger partial charge in [0.1, 0.15) is 0 Å². The summed E-state index contributed by atoms with van der Waals surface area (Å²) >= 11 is 4.01. The van der Waals surface area contributed by atoms with E-state index in [1.807, 2.05) is 0 Å². The molecular formula is C10H20N2O2S. The summed E-state index contributed by atoms with van der Waals surface area (Å²) in [6.45, 7) is 5.53. The van der Waals surface area contributed by atoms with E-state index in [1.54, 1.807) is 0 Å². The SMILES string of the molecule is O=C(CCS)NCCCN1CCOCC1. The highest BCUT2D eigenvalue weighted by atomic mass is 32.1. The van der Waals surface area contributed by atoms with E-state index in [4.69, 9.17) is 4.74 Å². The molecule has 1 N–H and O–H groups in total. The Morgan fingerprint density at radius 3 is 2.80 bits per heavy atom. The van der Waals surface area contributed by atoms with Gasteiger partial charge in [-0.15, -0.1) is 0 Å². The molecule has 0 aliphatic carbocycles. The summed E-state index contributed by atoms with van der Waals surface area (Å²) in [5.41, 5.74) is 0. The molecule has 1 aliphatic heterocycles. The minimum absolute atomic E-state index is 0.104. The maximum absolute atomic E-state index is 11.1. The second-order valence-electron chi connectivity index (χ2n) is 3.63. The molecule has 1 aliphatic rings. The highest BCUT2D eigenvalue weighted by Gasteiger charge is 2.09. The second-order valence-corrected chi connectivity index (χ2v) is 4.08. The number of carbonyl (C=O) groups is 1. The number of morpholine rings is 1. The van der Waals surface area contributed by atoms with Crippen molar-refractivity contribution in [1.82, 2.24) is 10.2 Å². The summed E-state index contributed by atoms with van der Waals surface area (Å²) in [5, 5.41) is 2.88. The summed E-state index contributed by atoms with van der Waals surface area (Å²) in [6.07, 6.45) is 1.53. The second kappa shape index (κ2) is 7.96. The normalized spacial score (nSPS) is 17.7. The summed E-state index contributed by atoms with van der Waals surface area (Å²) in [7, 11) is 0. The number of carbonyl (C=O) groups excluding carboxylic acids is 1. The number of thiol groups is 1. The number of ether oxygens (including phenoxy) is 1. The van der Waals surface area contributed by atoms with Gasteiger partial charge in [0.05, 0.1) is 13.2 Å². The van der Waals surface area contributed by atoms with E-state index in [1.165, 1.54) is 0 Å². The Kier molecular flexibility index (Phi) is 6.80. The topological polar surface area (TPSA) is 41.6 Å². The molecule has 1 fully saturated rings. The molecule has 1 saturated heterocycles. The van der Waals surface area contributed by atoms with Gasteiger partial charge in [0, 0.05) is 26.1 Å². The number of nitrogens with zero attached hydrogens (tertiary/aromatic N) is 1. The molecule has 5 heteroatoms. The zero-order chi connectivity index (χ0) is 10.9. The van der Waals surface area contributed by atoms with Crippen LogP contribution < -0.4 is 5.32 Å². The van der Waals surface area contributed by atoms with E-state index < -0.39 is 0 Å². The Balaban J connectivity index is 1.93. The molecule has 0 saturated carbocycles. The molecule has 0 unspecified atom stereocenters. The zero-order valence-electron chi connectivity index (χ0n) is 9.07. The van der Waals surface area contributed by atoms with E-state index in [-0.39, 0.29) is 5.91 Å². The van der Waals surface area contributed by atoms with E-state index >= 15 is 0 Å². The molecule has 0 radical (unpaired) electrons. The first-order valence-corrected chi connectivity index (χ1v) is 6.14. The summed E-state index contributed by atoms with van der Waals surface area (Å²) in [5.74, 6) is 0.724. The van der Waals surface area contributed by atoms with Crippen LogP contribution in [0.2, 0.25) is 0 Å². The van der Waals surface area contributed by atoms with Crippen LogP contribution in [0, 0.1) is 0 Å². The number of rotatable bonds is 6. The van der Waals surface area contributed by atoms with Crippen LogP contribution in [0.4, 0.5) is 0 Å². The van der Waals surface area contributed by atoms with Crippen molar-refractivity contribution in [3.8, 4) is 0 Å². The fourth-order valence-corrected chi connectivity index (χ4v) is 1.75. The van der Waals surface area contributed by atoms with Crippen molar-refractivity contribution >= 4 is 18.5 Å². The van der Waals surface area contributed by atoms with Crippen molar-refractivity contribution in [3.63, 3.8) is 0 Å². The Morgan fingerprint density at radius 1 is 1.40 bits per heavy atom. The highest BCUT2D eigenvalue weighted by Crippen LogP contribution is 1.97. The Morgan fingerprint density at radius 2 is 2.13 bits per heavy atom. The van der Waals surface area contributed by atoms with Gasteiger partial charge in [-0.25, -0.2) is 0 Å². The number of nitrogens with one attached hydrogen (secondary N) is 1. The molecular weight excluding hydrogens is 212 g/mol. The third-order valence-electron chi connectivity index (χ3n) is 2.42. The lowest BCUT2D eigenvalue weighted by atomic mass is 10.3. The first-order chi connectivity index (χ1) is 7.33. The molecule has 1 heterocycles. The lowest BCUT2D eigenvalue weighted by Gasteiger charge is -2.26. The van der Waals surface area contributed by atoms with Crippen LogP contribution in [0.5, 0.6) is 0 Å². The predicted molar refractivity (Wildman–Crippen MR) is 63.4 cm³/mol. The summed E-state index contributed by atoms with van der Waals surface area (Å²) in [4.78, 5) is 13.5. The largest absolute Gasteiger partial charge is 0.379 e. The standard InChI is InChI=1S/C10H20N2O2S/c13-10(2-9-15)11-3-1-4-12-5-7-14-8-6-12/h15H,1-9H2,(H,11,13). The van der Waals surface area contributed by atoms with Gasteiger partial charge >= 0.3 is 0 Å². The van der Waals surface area contributed by atoms with Gasteiger partial charge in [-0.05, 0) is 18.7 Å². The zero-order valence-corrected chi connectivity index (χ0v) is 9.97. The van der Waals surface area contributed by atoms with Gasteiger partial charge in [0.25, 0.3) is 0 Å². The summed E-state index contributed by atoms with van der Waals surface area (Å²) < 4.78 is 5.26. The highest BCUT2D eigenvalue weighted by molar-refractivity contribution is 7.80. The third-order valence-corrected chi connectivity index (χ3v) is 2.64. The average molecular weight is 232 g/mol. The van der Waals surface area contributed by atoms with Crippen LogP contribution >= 0.6 is 12.6 Å². The minimum Gasteiger partial charge on any atom is -0.379 e. The number of hydrogen-bond donors (Lipinski definition) is 2. The lowest BCUT2D eigenvalue weighted by molar-refractivity contribution is -0.120. The maximum Gasteiger partial charge on any atom is 0.220 e. The molecule has 1 amide bonds. The van der Waals surface area contributed by atoms with Gasteiger partial charge in [-0.3, -0.25) is 9.69 Å². The van der Waals surface area contributed by atoms with Crippen molar-refractivity contribution < 1.29 is 9.53 Å². The lowest BCUT2D eigenvalue weighted by Crippen LogP contribution is -2.38. The van der Waals surface area contributed by atoms with Crippen molar-refractivity contribution in [2.75, 3.05) is 45.1 Å². The molecule has 1 rings (SSSR count). The first-order valence-electron chi connectivity index (χ1n) is 5.50. The number of amides is 1. The predicted octanol–water partition coefficient (Wildman–Crippen LogP) is 0.145. The van der Waals surface area contributed by atoms with Gasteiger partial charge in [0.2, 0.25) is 5.91 Å². The molecule has 0 bridgehead atoms. The molecule has 0 atom stereocenters. The van der Waals surface area contributed by atoms with Crippen LogP contribution in [-0.4, -0.2) is 56.0 Å². The van der Waals surface area contributed by atoms with E-state index in [2.05, 4.69) is 22.8 Å². The third kappa shape index (κ3) is 6.02.